The number of nitrogens with zero attached hydrogens (tertiary/aromatic N) is 2. The number of hydrogen-bond acceptors (Lipinski definition) is 3. The Balaban J connectivity index is 0.00000128. The van der Waals surface area contributed by atoms with E-state index in [-0.39, 0.29) is 24.8 Å². The van der Waals surface area contributed by atoms with Crippen LogP contribution in [0.25, 0.3) is 0 Å². The minimum absolute atomic E-state index is 0. The van der Waals surface area contributed by atoms with Crippen LogP contribution in [0.2, 0.25) is 0 Å². The van der Waals surface area contributed by atoms with Crippen molar-refractivity contribution in [3.63, 3.8) is 0 Å². The molecule has 3 N–H and O–H groups in total. The summed E-state index contributed by atoms with van der Waals surface area (Å²) >= 11 is 0. The van der Waals surface area contributed by atoms with Crippen molar-refractivity contribution in [2.75, 3.05) is 11.1 Å². The van der Waals surface area contributed by atoms with E-state index in [1.54, 1.807) is 0 Å². The van der Waals surface area contributed by atoms with Crippen molar-refractivity contribution in [1.29, 1.82) is 0 Å². The fourth-order valence-electron chi connectivity index (χ4n) is 2.15. The molecule has 6 heteroatoms. The Morgan fingerprint density at radius 3 is 2.53 bits per heavy atom. The van der Waals surface area contributed by atoms with E-state index in [1.165, 1.54) is 32.1 Å². The molecular weight excluding hydrogens is 259 g/mol. The van der Waals surface area contributed by atoms with Gasteiger partial charge in [0.1, 0.15) is 0 Å². The van der Waals surface area contributed by atoms with Crippen LogP contribution in [0.4, 0.5) is 11.5 Å². The molecule has 1 aliphatic carbocycles. The highest BCUT2D eigenvalue weighted by molar-refractivity contribution is 5.85. The van der Waals surface area contributed by atoms with E-state index >= 15 is 0 Å². The SMILES string of the molecule is CCn1cc(N)c(NC2CCCCC2)n1.Cl.Cl. The Kier molecular flexibility index (Phi) is 7.39. The van der Waals surface area contributed by atoms with Crippen molar-refractivity contribution < 1.29 is 0 Å². The maximum atomic E-state index is 5.89. The summed E-state index contributed by atoms with van der Waals surface area (Å²) in [7, 11) is 0. The molecule has 0 aliphatic heterocycles. The smallest absolute Gasteiger partial charge is 0.171 e. The molecule has 17 heavy (non-hydrogen) atoms. The standard InChI is InChI=1S/C11H20N4.2ClH/c1-2-15-8-10(12)11(14-15)13-9-6-4-3-5-7-9;;/h8-9H,2-7,12H2,1H3,(H,13,14);2*1H. The largest absolute Gasteiger partial charge is 0.394 e. The molecule has 0 radical (unpaired) electrons. The zero-order valence-corrected chi connectivity index (χ0v) is 11.8. The van der Waals surface area contributed by atoms with E-state index in [0.717, 1.165) is 18.1 Å². The third kappa shape index (κ3) is 4.28. The summed E-state index contributed by atoms with van der Waals surface area (Å²) < 4.78 is 1.88. The Morgan fingerprint density at radius 1 is 1.35 bits per heavy atom. The van der Waals surface area contributed by atoms with Gasteiger partial charge in [0.25, 0.3) is 0 Å². The van der Waals surface area contributed by atoms with Gasteiger partial charge in [-0.05, 0) is 19.8 Å². The third-order valence-corrected chi connectivity index (χ3v) is 3.06. The van der Waals surface area contributed by atoms with Gasteiger partial charge in [-0.1, -0.05) is 19.3 Å². The predicted octanol–water partition coefficient (Wildman–Crippen LogP) is 3.07. The normalized spacial score (nSPS) is 15.8. The maximum Gasteiger partial charge on any atom is 0.171 e. The molecule has 0 atom stereocenters. The first-order valence-electron chi connectivity index (χ1n) is 5.89. The first-order valence-corrected chi connectivity index (χ1v) is 5.89. The Hall–Kier alpha value is -0.610. The van der Waals surface area contributed by atoms with Crippen LogP contribution in [0, 0.1) is 0 Å². The molecule has 1 fully saturated rings. The van der Waals surface area contributed by atoms with Gasteiger partial charge in [-0.25, -0.2) is 0 Å². The zero-order chi connectivity index (χ0) is 10.7. The highest BCUT2D eigenvalue weighted by Crippen LogP contribution is 2.23. The number of hydrogen-bond donors (Lipinski definition) is 2. The van der Waals surface area contributed by atoms with Crippen molar-refractivity contribution in [3.8, 4) is 0 Å². The fraction of sp³-hybridized carbons (Fsp3) is 0.727. The molecule has 1 aliphatic rings. The second-order valence-electron chi connectivity index (χ2n) is 4.27. The highest BCUT2D eigenvalue weighted by Gasteiger charge is 2.15. The van der Waals surface area contributed by atoms with Gasteiger partial charge in [-0.15, -0.1) is 24.8 Å². The Morgan fingerprint density at radius 2 is 2.00 bits per heavy atom. The van der Waals surface area contributed by atoms with E-state index in [1.807, 2.05) is 10.9 Å². The third-order valence-electron chi connectivity index (χ3n) is 3.06. The number of nitrogen functional groups attached to an aromatic ring is 1. The average Bonchev–Trinajstić information content (AvgIpc) is 2.61. The number of nitrogens with one attached hydrogen (secondary N) is 1. The average molecular weight is 281 g/mol. The van der Waals surface area contributed by atoms with E-state index < -0.39 is 0 Å². The molecule has 0 saturated heterocycles. The summed E-state index contributed by atoms with van der Waals surface area (Å²) in [4.78, 5) is 0. The summed E-state index contributed by atoms with van der Waals surface area (Å²) in [6.45, 7) is 2.94. The molecule has 4 nitrogen and oxygen atoms in total. The van der Waals surface area contributed by atoms with Crippen LogP contribution in [0.3, 0.4) is 0 Å². The molecular formula is C11H22Cl2N4. The lowest BCUT2D eigenvalue weighted by Gasteiger charge is -2.22. The molecule has 0 spiro atoms. The molecule has 1 heterocycles. The van der Waals surface area contributed by atoms with E-state index in [9.17, 15) is 0 Å². The van der Waals surface area contributed by atoms with Gasteiger partial charge in [0, 0.05) is 12.6 Å². The van der Waals surface area contributed by atoms with Gasteiger partial charge >= 0.3 is 0 Å². The predicted molar refractivity (Wildman–Crippen MR) is 77.3 cm³/mol. The second-order valence-corrected chi connectivity index (χ2v) is 4.27. The van der Waals surface area contributed by atoms with E-state index in [0.29, 0.717) is 6.04 Å². The summed E-state index contributed by atoms with van der Waals surface area (Å²) in [6, 6.07) is 0.571. The van der Waals surface area contributed by atoms with Gasteiger partial charge in [-0.2, -0.15) is 5.10 Å². The monoisotopic (exact) mass is 280 g/mol. The van der Waals surface area contributed by atoms with Crippen LogP contribution in [0.1, 0.15) is 39.0 Å². The van der Waals surface area contributed by atoms with E-state index in [2.05, 4.69) is 17.3 Å². The number of nitrogens with two attached hydrogens (primary N) is 1. The summed E-state index contributed by atoms with van der Waals surface area (Å²) in [5, 5.41) is 7.85. The number of anilines is 2. The first kappa shape index (κ1) is 16.4. The molecule has 2 rings (SSSR count). The van der Waals surface area contributed by atoms with Crippen molar-refractivity contribution >= 4 is 36.3 Å². The summed E-state index contributed by atoms with van der Waals surface area (Å²) in [6.07, 6.45) is 8.41. The number of halogens is 2. The minimum atomic E-state index is 0. The fourth-order valence-corrected chi connectivity index (χ4v) is 2.15. The first-order chi connectivity index (χ1) is 7.29. The quantitative estimate of drug-likeness (QED) is 0.895. The van der Waals surface area contributed by atoms with Gasteiger partial charge in [0.05, 0.1) is 11.9 Å². The van der Waals surface area contributed by atoms with Crippen molar-refractivity contribution in [2.45, 2.75) is 51.6 Å². The van der Waals surface area contributed by atoms with Gasteiger partial charge in [-0.3, -0.25) is 4.68 Å². The van der Waals surface area contributed by atoms with Crippen LogP contribution in [-0.2, 0) is 6.54 Å². The zero-order valence-electron chi connectivity index (χ0n) is 10.2. The second kappa shape index (κ2) is 7.67. The molecule has 0 amide bonds. The minimum Gasteiger partial charge on any atom is -0.394 e. The molecule has 0 aromatic carbocycles. The van der Waals surface area contributed by atoms with Gasteiger partial charge in [0.15, 0.2) is 5.82 Å². The van der Waals surface area contributed by atoms with Crippen molar-refractivity contribution in [2.24, 2.45) is 0 Å². The lowest BCUT2D eigenvalue weighted by Crippen LogP contribution is -2.23. The summed E-state index contributed by atoms with van der Waals surface area (Å²) in [5.74, 6) is 0.865. The van der Waals surface area contributed by atoms with Crippen LogP contribution < -0.4 is 11.1 Å². The molecule has 1 saturated carbocycles. The number of rotatable bonds is 3. The van der Waals surface area contributed by atoms with E-state index in [4.69, 9.17) is 5.73 Å². The number of aromatic nitrogens is 2. The van der Waals surface area contributed by atoms with Crippen LogP contribution >= 0.6 is 24.8 Å². The van der Waals surface area contributed by atoms with Crippen LogP contribution in [0.15, 0.2) is 6.20 Å². The van der Waals surface area contributed by atoms with Crippen molar-refractivity contribution in [1.82, 2.24) is 9.78 Å². The molecule has 1 aromatic heterocycles. The highest BCUT2D eigenvalue weighted by atomic mass is 35.5. The molecule has 0 unspecified atom stereocenters. The van der Waals surface area contributed by atoms with Gasteiger partial charge in [0.2, 0.25) is 0 Å². The Labute approximate surface area is 115 Å². The Bertz CT molecular complexity index is 321. The lowest BCUT2D eigenvalue weighted by atomic mass is 9.95. The number of aryl methyl sites for hydroxylation is 1. The van der Waals surface area contributed by atoms with Crippen molar-refractivity contribution in [3.05, 3.63) is 6.20 Å². The van der Waals surface area contributed by atoms with Gasteiger partial charge < -0.3 is 11.1 Å². The molecule has 100 valence electrons. The van der Waals surface area contributed by atoms with Crippen LogP contribution in [0.5, 0.6) is 0 Å². The molecule has 1 aromatic rings. The summed E-state index contributed by atoms with van der Waals surface area (Å²) in [5.41, 5.74) is 6.65. The van der Waals surface area contributed by atoms with Crippen LogP contribution in [-0.4, -0.2) is 15.8 Å². The lowest BCUT2D eigenvalue weighted by molar-refractivity contribution is 0.461. The topological polar surface area (TPSA) is 55.9 Å². The maximum absolute atomic E-state index is 5.89. The molecule has 0 bridgehead atoms.